The van der Waals surface area contributed by atoms with E-state index in [1.807, 2.05) is 12.1 Å². The van der Waals surface area contributed by atoms with Crippen LogP contribution in [-0.2, 0) is 22.7 Å². The average molecular weight is 600 g/mol. The largest absolute Gasteiger partial charge is 0.474 e. The molecule has 4 heterocycles. The summed E-state index contributed by atoms with van der Waals surface area (Å²) in [6, 6.07) is 6.86. The first-order valence-corrected chi connectivity index (χ1v) is 15.9. The molecule has 3 aliphatic heterocycles. The minimum Gasteiger partial charge on any atom is -0.474 e. The van der Waals surface area contributed by atoms with E-state index in [0.29, 0.717) is 41.7 Å². The number of amides is 5. The molecule has 2 N–H and O–H groups in total. The zero-order valence-corrected chi connectivity index (χ0v) is 24.7. The van der Waals surface area contributed by atoms with E-state index in [9.17, 15) is 24.0 Å². The Balaban J connectivity index is 0.918. The third kappa shape index (κ3) is 5.49. The zero-order valence-electron chi connectivity index (χ0n) is 24.7. The van der Waals surface area contributed by atoms with E-state index in [1.165, 1.54) is 19.3 Å². The summed E-state index contributed by atoms with van der Waals surface area (Å²) in [5, 5.41) is 5.36. The molecule has 1 aromatic carbocycles. The first kappa shape index (κ1) is 28.6. The number of hydrogen-bond donors (Lipinski definition) is 2. The van der Waals surface area contributed by atoms with Crippen LogP contribution in [0.5, 0.6) is 5.88 Å². The smallest absolute Gasteiger partial charge is 0.262 e. The summed E-state index contributed by atoms with van der Waals surface area (Å²) in [6.07, 6.45) is 11.3. The lowest BCUT2D eigenvalue weighted by Gasteiger charge is -2.34. The average Bonchev–Trinajstić information content (AvgIpc) is 3.55. The number of piperidine rings is 1. The monoisotopic (exact) mass is 599 g/mol. The standard InChI is InChI=1S/C33H37N5O6/c39-28-12-11-27(31(41)36-28)38-32(42)25-14-20-17-37(18-21(20)15-26(25)33(38)43)23-7-9-24(10-8-23)44-29-13-6-19(16-34-29)30(40)35-22-4-2-1-3-5-22/h6,13-16,22-24,27H,1-5,7-12,17-18H2,(H,35,40)(H,36,39,41). The minimum absolute atomic E-state index is 0.0583. The third-order valence-corrected chi connectivity index (χ3v) is 9.89. The fraction of sp³-hybridized carbons (Fsp3) is 0.515. The molecule has 0 radical (unpaired) electrons. The predicted octanol–water partition coefficient (Wildman–Crippen LogP) is 3.25. The van der Waals surface area contributed by atoms with Gasteiger partial charge in [0, 0.05) is 43.9 Å². The number of carbonyl (C=O) groups is 5. The summed E-state index contributed by atoms with van der Waals surface area (Å²) in [7, 11) is 0. The third-order valence-electron chi connectivity index (χ3n) is 9.89. The molecule has 44 heavy (non-hydrogen) atoms. The molecule has 5 amide bonds. The number of aromatic nitrogens is 1. The van der Waals surface area contributed by atoms with Gasteiger partial charge in [0.15, 0.2) is 0 Å². The Bertz CT molecular complexity index is 1460. The van der Waals surface area contributed by atoms with Gasteiger partial charge in [-0.3, -0.25) is 39.1 Å². The number of carbonyl (C=O) groups excluding carboxylic acids is 5. The van der Waals surface area contributed by atoms with E-state index in [-0.39, 0.29) is 36.8 Å². The molecule has 1 unspecified atom stereocenters. The second-order valence-electron chi connectivity index (χ2n) is 12.8. The molecule has 11 heteroatoms. The lowest BCUT2D eigenvalue weighted by atomic mass is 9.92. The number of hydrogen-bond acceptors (Lipinski definition) is 8. The van der Waals surface area contributed by atoms with E-state index in [4.69, 9.17) is 4.74 Å². The number of nitrogens with one attached hydrogen (secondary N) is 2. The van der Waals surface area contributed by atoms with Crippen LogP contribution >= 0.6 is 0 Å². The van der Waals surface area contributed by atoms with Crippen molar-refractivity contribution in [2.75, 3.05) is 0 Å². The number of fused-ring (bicyclic) bond motifs is 2. The SMILES string of the molecule is O=C1CCC(N2C(=O)c3cc4c(cc3C2=O)CN(C2CCC(Oc3ccc(C(=O)NC5CCCCC5)cn3)CC2)C4)C(=O)N1. The molecule has 5 aliphatic rings. The van der Waals surface area contributed by atoms with Crippen molar-refractivity contribution in [3.63, 3.8) is 0 Å². The topological polar surface area (TPSA) is 138 Å². The van der Waals surface area contributed by atoms with E-state index in [1.54, 1.807) is 18.3 Å². The van der Waals surface area contributed by atoms with Crippen molar-refractivity contribution < 1.29 is 28.7 Å². The molecule has 1 aromatic heterocycles. The summed E-state index contributed by atoms with van der Waals surface area (Å²) < 4.78 is 6.18. The Labute approximate surface area is 255 Å². The molecule has 11 nitrogen and oxygen atoms in total. The Morgan fingerprint density at radius 3 is 2.16 bits per heavy atom. The fourth-order valence-electron chi connectivity index (χ4n) is 7.45. The van der Waals surface area contributed by atoms with Crippen LogP contribution in [0.3, 0.4) is 0 Å². The number of ether oxygens (including phenoxy) is 1. The molecule has 230 valence electrons. The van der Waals surface area contributed by atoms with Gasteiger partial charge >= 0.3 is 0 Å². The van der Waals surface area contributed by atoms with Crippen LogP contribution in [0.2, 0.25) is 0 Å². The van der Waals surface area contributed by atoms with Crippen molar-refractivity contribution >= 4 is 29.5 Å². The molecule has 2 aromatic rings. The fourth-order valence-corrected chi connectivity index (χ4v) is 7.45. The Morgan fingerprint density at radius 1 is 0.864 bits per heavy atom. The van der Waals surface area contributed by atoms with Crippen LogP contribution in [0, 0.1) is 0 Å². The highest BCUT2D eigenvalue weighted by atomic mass is 16.5. The van der Waals surface area contributed by atoms with Crippen molar-refractivity contribution in [1.82, 2.24) is 25.4 Å². The second-order valence-corrected chi connectivity index (χ2v) is 12.8. The molecule has 3 fully saturated rings. The second kappa shape index (κ2) is 11.8. The van der Waals surface area contributed by atoms with Crippen molar-refractivity contribution in [1.29, 1.82) is 0 Å². The number of imide groups is 2. The van der Waals surface area contributed by atoms with Gasteiger partial charge in [-0.25, -0.2) is 4.98 Å². The lowest BCUT2D eigenvalue weighted by molar-refractivity contribution is -0.136. The van der Waals surface area contributed by atoms with Crippen molar-refractivity contribution in [2.24, 2.45) is 0 Å². The Hall–Kier alpha value is -4.12. The zero-order chi connectivity index (χ0) is 30.4. The molecule has 0 spiro atoms. The maximum absolute atomic E-state index is 13.2. The molecular weight excluding hydrogens is 562 g/mol. The Morgan fingerprint density at radius 2 is 1.55 bits per heavy atom. The number of nitrogens with zero attached hydrogens (tertiary/aromatic N) is 3. The first-order chi connectivity index (χ1) is 21.3. The molecule has 2 saturated carbocycles. The van der Waals surface area contributed by atoms with Gasteiger partial charge in [-0.1, -0.05) is 19.3 Å². The Kier molecular flexibility index (Phi) is 7.65. The van der Waals surface area contributed by atoms with Gasteiger partial charge in [-0.05, 0) is 74.3 Å². The lowest BCUT2D eigenvalue weighted by Crippen LogP contribution is -2.54. The summed E-state index contributed by atoms with van der Waals surface area (Å²) in [5.41, 5.74) is 3.29. The van der Waals surface area contributed by atoms with Crippen LogP contribution in [0.1, 0.15) is 113 Å². The van der Waals surface area contributed by atoms with Crippen LogP contribution in [0.4, 0.5) is 0 Å². The van der Waals surface area contributed by atoms with Crippen LogP contribution in [0.25, 0.3) is 0 Å². The van der Waals surface area contributed by atoms with Crippen LogP contribution < -0.4 is 15.4 Å². The number of rotatable bonds is 6. The van der Waals surface area contributed by atoms with Gasteiger partial charge in [0.05, 0.1) is 16.7 Å². The van der Waals surface area contributed by atoms with Crippen molar-refractivity contribution in [3.8, 4) is 5.88 Å². The minimum atomic E-state index is -0.956. The van der Waals surface area contributed by atoms with E-state index < -0.39 is 23.8 Å². The summed E-state index contributed by atoms with van der Waals surface area (Å²) >= 11 is 0. The van der Waals surface area contributed by atoms with Gasteiger partial charge in [-0.2, -0.15) is 0 Å². The van der Waals surface area contributed by atoms with E-state index in [2.05, 4.69) is 20.5 Å². The highest BCUT2D eigenvalue weighted by Crippen LogP contribution is 2.36. The molecular formula is C33H37N5O6. The maximum Gasteiger partial charge on any atom is 0.262 e. The van der Waals surface area contributed by atoms with E-state index in [0.717, 1.165) is 54.6 Å². The normalized spacial score (nSPS) is 25.9. The van der Waals surface area contributed by atoms with Crippen molar-refractivity contribution in [2.45, 2.75) is 108 Å². The van der Waals surface area contributed by atoms with Gasteiger partial charge in [-0.15, -0.1) is 0 Å². The van der Waals surface area contributed by atoms with Gasteiger partial charge in [0.1, 0.15) is 12.1 Å². The maximum atomic E-state index is 13.2. The van der Waals surface area contributed by atoms with Gasteiger partial charge in [0.25, 0.3) is 17.7 Å². The molecule has 7 rings (SSSR count). The first-order valence-electron chi connectivity index (χ1n) is 15.9. The summed E-state index contributed by atoms with van der Waals surface area (Å²) in [6.45, 7) is 1.40. The quantitative estimate of drug-likeness (QED) is 0.483. The van der Waals surface area contributed by atoms with Crippen molar-refractivity contribution in [3.05, 3.63) is 58.3 Å². The van der Waals surface area contributed by atoms with Crippen LogP contribution in [0.15, 0.2) is 30.5 Å². The molecule has 0 bridgehead atoms. The van der Waals surface area contributed by atoms with E-state index >= 15 is 0 Å². The van der Waals surface area contributed by atoms with Gasteiger partial charge < -0.3 is 10.1 Å². The summed E-state index contributed by atoms with van der Waals surface area (Å²) in [5.74, 6) is -1.46. The highest BCUT2D eigenvalue weighted by Gasteiger charge is 2.45. The predicted molar refractivity (Wildman–Crippen MR) is 158 cm³/mol. The molecule has 2 aliphatic carbocycles. The van der Waals surface area contributed by atoms with Gasteiger partial charge in [0.2, 0.25) is 17.7 Å². The van der Waals surface area contributed by atoms with Crippen LogP contribution in [-0.4, -0.2) is 68.5 Å². The molecule has 1 saturated heterocycles. The number of benzene rings is 1. The number of pyridine rings is 1. The summed E-state index contributed by atoms with van der Waals surface area (Å²) in [4.78, 5) is 70.8. The molecule has 1 atom stereocenters. The highest BCUT2D eigenvalue weighted by molar-refractivity contribution is 6.23.